The van der Waals surface area contributed by atoms with E-state index in [1.807, 2.05) is 11.4 Å². The van der Waals surface area contributed by atoms with Crippen LogP contribution in [0.4, 0.5) is 4.39 Å². The molecule has 0 saturated carbocycles. The molecule has 0 aliphatic heterocycles. The number of aryl methyl sites for hydroxylation is 1. The van der Waals surface area contributed by atoms with E-state index in [4.69, 9.17) is 0 Å². The number of carbonyl (C=O) groups is 1. The zero-order valence-electron chi connectivity index (χ0n) is 8.46. The molecule has 0 unspecified atom stereocenters. The Morgan fingerprint density at radius 2 is 2.12 bits per heavy atom. The molecule has 1 aromatic carbocycles. The highest BCUT2D eigenvalue weighted by molar-refractivity contribution is 9.10. The molecular weight excluding hydrogens is 291 g/mol. The molecule has 0 bridgehead atoms. The molecular formula is C12H8BrFOS. The Morgan fingerprint density at radius 1 is 1.38 bits per heavy atom. The van der Waals surface area contributed by atoms with E-state index >= 15 is 0 Å². The van der Waals surface area contributed by atoms with Crippen molar-refractivity contribution >= 4 is 33.0 Å². The van der Waals surface area contributed by atoms with Crippen LogP contribution in [0.5, 0.6) is 0 Å². The number of halogens is 2. The minimum Gasteiger partial charge on any atom is -0.288 e. The van der Waals surface area contributed by atoms with Gasteiger partial charge < -0.3 is 0 Å². The van der Waals surface area contributed by atoms with E-state index in [0.29, 0.717) is 16.0 Å². The van der Waals surface area contributed by atoms with Gasteiger partial charge in [-0.15, -0.1) is 11.3 Å². The van der Waals surface area contributed by atoms with Gasteiger partial charge in [-0.2, -0.15) is 0 Å². The van der Waals surface area contributed by atoms with Gasteiger partial charge in [0.05, 0.1) is 4.88 Å². The summed E-state index contributed by atoms with van der Waals surface area (Å²) in [4.78, 5) is 12.7. The van der Waals surface area contributed by atoms with Gasteiger partial charge in [0.2, 0.25) is 5.78 Å². The van der Waals surface area contributed by atoms with Crippen LogP contribution in [0.2, 0.25) is 0 Å². The molecule has 2 aromatic rings. The second-order valence-corrected chi connectivity index (χ2v) is 5.16. The molecule has 0 saturated heterocycles. The van der Waals surface area contributed by atoms with Crippen molar-refractivity contribution in [2.75, 3.05) is 0 Å². The van der Waals surface area contributed by atoms with Crippen LogP contribution in [-0.2, 0) is 0 Å². The standard InChI is InChI=1S/C12H8BrFOS/c1-7-6-8(2-3-10(7)14)11(15)12-9(13)4-5-16-12/h2-6H,1H3. The van der Waals surface area contributed by atoms with Crippen LogP contribution in [0.25, 0.3) is 0 Å². The summed E-state index contributed by atoms with van der Waals surface area (Å²) in [6.07, 6.45) is 0. The first-order valence-electron chi connectivity index (χ1n) is 4.63. The number of carbonyl (C=O) groups excluding carboxylic acids is 1. The molecule has 0 spiro atoms. The fraction of sp³-hybridized carbons (Fsp3) is 0.0833. The lowest BCUT2D eigenvalue weighted by Crippen LogP contribution is -2.00. The van der Waals surface area contributed by atoms with E-state index in [-0.39, 0.29) is 11.6 Å². The monoisotopic (exact) mass is 298 g/mol. The van der Waals surface area contributed by atoms with Gasteiger partial charge in [-0.1, -0.05) is 0 Å². The van der Waals surface area contributed by atoms with Crippen LogP contribution in [0.15, 0.2) is 34.1 Å². The molecule has 82 valence electrons. The maximum atomic E-state index is 13.1. The van der Waals surface area contributed by atoms with Crippen LogP contribution >= 0.6 is 27.3 Å². The van der Waals surface area contributed by atoms with Crippen molar-refractivity contribution < 1.29 is 9.18 Å². The van der Waals surface area contributed by atoms with Crippen molar-refractivity contribution in [1.82, 2.24) is 0 Å². The van der Waals surface area contributed by atoms with Crippen molar-refractivity contribution in [2.45, 2.75) is 6.92 Å². The van der Waals surface area contributed by atoms with E-state index in [2.05, 4.69) is 15.9 Å². The average molecular weight is 299 g/mol. The first kappa shape index (κ1) is 11.5. The van der Waals surface area contributed by atoms with Gasteiger partial charge in [0.15, 0.2) is 0 Å². The molecule has 1 heterocycles. The Hall–Kier alpha value is -1.00. The molecule has 0 fully saturated rings. The van der Waals surface area contributed by atoms with Gasteiger partial charge in [-0.25, -0.2) is 4.39 Å². The lowest BCUT2D eigenvalue weighted by atomic mass is 10.1. The van der Waals surface area contributed by atoms with Gasteiger partial charge in [-0.3, -0.25) is 4.79 Å². The van der Waals surface area contributed by atoms with Crippen LogP contribution in [0.1, 0.15) is 20.8 Å². The third-order valence-electron chi connectivity index (χ3n) is 2.24. The smallest absolute Gasteiger partial charge is 0.204 e. The van der Waals surface area contributed by atoms with Gasteiger partial charge >= 0.3 is 0 Å². The normalized spacial score (nSPS) is 10.4. The van der Waals surface area contributed by atoms with Crippen molar-refractivity contribution in [3.63, 3.8) is 0 Å². The van der Waals surface area contributed by atoms with Crippen molar-refractivity contribution in [3.05, 3.63) is 55.9 Å². The Kier molecular flexibility index (Phi) is 3.21. The van der Waals surface area contributed by atoms with Gasteiger partial charge in [0, 0.05) is 10.0 Å². The molecule has 1 aromatic heterocycles. The molecule has 0 amide bonds. The molecule has 4 heteroatoms. The fourth-order valence-electron chi connectivity index (χ4n) is 1.37. The maximum Gasteiger partial charge on any atom is 0.204 e. The van der Waals surface area contributed by atoms with Crippen LogP contribution in [-0.4, -0.2) is 5.78 Å². The second kappa shape index (κ2) is 4.47. The highest BCUT2D eigenvalue weighted by atomic mass is 79.9. The van der Waals surface area contributed by atoms with Crippen LogP contribution in [0.3, 0.4) is 0 Å². The fourth-order valence-corrected chi connectivity index (χ4v) is 2.89. The molecule has 0 aliphatic rings. The summed E-state index contributed by atoms with van der Waals surface area (Å²) in [5, 5.41) is 1.84. The number of hydrogen-bond donors (Lipinski definition) is 0. The molecule has 0 radical (unpaired) electrons. The number of hydrogen-bond acceptors (Lipinski definition) is 2. The summed E-state index contributed by atoms with van der Waals surface area (Å²) in [5.74, 6) is -0.369. The third kappa shape index (κ3) is 2.08. The topological polar surface area (TPSA) is 17.1 Å². The Balaban J connectivity index is 2.42. The lowest BCUT2D eigenvalue weighted by molar-refractivity contribution is 0.104. The third-order valence-corrected chi connectivity index (χ3v) is 4.08. The molecule has 1 nitrogen and oxygen atoms in total. The van der Waals surface area contributed by atoms with E-state index in [1.165, 1.54) is 23.5 Å². The SMILES string of the molecule is Cc1cc(C(=O)c2sccc2Br)ccc1F. The van der Waals surface area contributed by atoms with Gasteiger partial charge in [0.25, 0.3) is 0 Å². The predicted molar refractivity (Wildman–Crippen MR) is 66.6 cm³/mol. The molecule has 0 atom stereocenters. The van der Waals surface area contributed by atoms with E-state index < -0.39 is 0 Å². The summed E-state index contributed by atoms with van der Waals surface area (Å²) in [5.41, 5.74) is 1.00. The Morgan fingerprint density at radius 3 is 2.69 bits per heavy atom. The maximum absolute atomic E-state index is 13.1. The van der Waals surface area contributed by atoms with Crippen molar-refractivity contribution in [3.8, 4) is 0 Å². The predicted octanol–water partition coefficient (Wildman–Crippen LogP) is 4.19. The van der Waals surface area contributed by atoms with Crippen LogP contribution < -0.4 is 0 Å². The summed E-state index contributed by atoms with van der Waals surface area (Å²) in [6.45, 7) is 1.65. The number of ketones is 1. The van der Waals surface area contributed by atoms with Gasteiger partial charge in [-0.05, 0) is 58.1 Å². The summed E-state index contributed by atoms with van der Waals surface area (Å²) in [6, 6.07) is 6.24. The molecule has 0 N–H and O–H groups in total. The van der Waals surface area contributed by atoms with E-state index in [1.54, 1.807) is 13.0 Å². The zero-order chi connectivity index (χ0) is 11.7. The highest BCUT2D eigenvalue weighted by Crippen LogP contribution is 2.26. The van der Waals surface area contributed by atoms with E-state index in [0.717, 1.165) is 4.47 Å². The second-order valence-electron chi connectivity index (χ2n) is 3.39. The Bertz CT molecular complexity index is 548. The molecule has 2 rings (SSSR count). The highest BCUT2D eigenvalue weighted by Gasteiger charge is 2.14. The first-order chi connectivity index (χ1) is 7.59. The minimum absolute atomic E-state index is 0.0787. The number of benzene rings is 1. The Labute approximate surface area is 105 Å². The quantitative estimate of drug-likeness (QED) is 0.760. The zero-order valence-corrected chi connectivity index (χ0v) is 10.9. The lowest BCUT2D eigenvalue weighted by Gasteiger charge is -2.01. The van der Waals surface area contributed by atoms with Crippen molar-refractivity contribution in [2.24, 2.45) is 0 Å². The van der Waals surface area contributed by atoms with E-state index in [9.17, 15) is 9.18 Å². The molecule has 16 heavy (non-hydrogen) atoms. The number of rotatable bonds is 2. The van der Waals surface area contributed by atoms with Crippen LogP contribution in [0, 0.1) is 12.7 Å². The molecule has 0 aliphatic carbocycles. The summed E-state index contributed by atoms with van der Waals surface area (Å²) < 4.78 is 13.8. The summed E-state index contributed by atoms with van der Waals surface area (Å²) >= 11 is 4.69. The van der Waals surface area contributed by atoms with Gasteiger partial charge in [0.1, 0.15) is 5.82 Å². The number of thiophene rings is 1. The minimum atomic E-state index is -0.290. The largest absolute Gasteiger partial charge is 0.288 e. The van der Waals surface area contributed by atoms with Crippen molar-refractivity contribution in [1.29, 1.82) is 0 Å². The average Bonchev–Trinajstić information content (AvgIpc) is 2.67. The summed E-state index contributed by atoms with van der Waals surface area (Å²) in [7, 11) is 0. The first-order valence-corrected chi connectivity index (χ1v) is 6.30.